The smallest absolute Gasteiger partial charge is 0.274 e. The molecule has 8 nitrogen and oxygen atoms in total. The van der Waals surface area contributed by atoms with Crippen molar-refractivity contribution >= 4 is 23.2 Å². The van der Waals surface area contributed by atoms with Crippen LogP contribution in [0.5, 0.6) is 0 Å². The lowest BCUT2D eigenvalue weighted by Crippen LogP contribution is -2.36. The topological polar surface area (TPSA) is 104 Å². The van der Waals surface area contributed by atoms with Crippen molar-refractivity contribution in [2.75, 3.05) is 13.6 Å². The zero-order valence-electron chi connectivity index (χ0n) is 14.3. The van der Waals surface area contributed by atoms with Gasteiger partial charge in [-0.2, -0.15) is 5.10 Å². The molecule has 2 amide bonds. The minimum atomic E-state index is -0.320. The number of rotatable bonds is 3. The van der Waals surface area contributed by atoms with E-state index in [1.165, 1.54) is 11.9 Å². The fourth-order valence-electron chi connectivity index (χ4n) is 2.98. The maximum Gasteiger partial charge on any atom is 0.274 e. The molecule has 0 fully saturated rings. The van der Waals surface area contributed by atoms with Crippen molar-refractivity contribution in [2.45, 2.75) is 19.9 Å². The highest BCUT2D eigenvalue weighted by Gasteiger charge is 2.30. The van der Waals surface area contributed by atoms with E-state index in [-0.39, 0.29) is 24.1 Å². The molecule has 0 unspecified atom stereocenters. The van der Waals surface area contributed by atoms with Gasteiger partial charge in [-0.3, -0.25) is 14.7 Å². The SMILES string of the molecule is CNC(=O)c1noc2c1CN(C(=O)c1cc(-c3ccc(C)s3)[nH]n1)CC2. The van der Waals surface area contributed by atoms with Crippen LogP contribution in [0, 0.1) is 6.92 Å². The quantitative estimate of drug-likeness (QED) is 0.733. The van der Waals surface area contributed by atoms with Gasteiger partial charge >= 0.3 is 0 Å². The highest BCUT2D eigenvalue weighted by molar-refractivity contribution is 7.15. The lowest BCUT2D eigenvalue weighted by atomic mass is 10.1. The Kier molecular flexibility index (Phi) is 4.08. The van der Waals surface area contributed by atoms with Gasteiger partial charge in [0.2, 0.25) is 0 Å². The van der Waals surface area contributed by atoms with Crippen molar-refractivity contribution in [1.29, 1.82) is 0 Å². The zero-order chi connectivity index (χ0) is 18.3. The Bertz CT molecular complexity index is 986. The second-order valence-corrected chi connectivity index (χ2v) is 7.35. The number of aromatic amines is 1. The molecule has 134 valence electrons. The zero-order valence-corrected chi connectivity index (χ0v) is 15.1. The van der Waals surface area contributed by atoms with Gasteiger partial charge < -0.3 is 14.7 Å². The van der Waals surface area contributed by atoms with Crippen molar-refractivity contribution < 1.29 is 14.1 Å². The first kappa shape index (κ1) is 16.5. The number of H-pyrrole nitrogens is 1. The third-order valence-corrected chi connectivity index (χ3v) is 5.39. The minimum Gasteiger partial charge on any atom is -0.360 e. The Morgan fingerprint density at radius 1 is 1.38 bits per heavy atom. The molecular formula is C17H17N5O3S. The number of aromatic nitrogens is 3. The molecule has 1 aliphatic heterocycles. The molecule has 0 aromatic carbocycles. The summed E-state index contributed by atoms with van der Waals surface area (Å²) in [5.41, 5.74) is 2.07. The number of nitrogens with one attached hydrogen (secondary N) is 2. The average molecular weight is 371 g/mol. The van der Waals surface area contributed by atoms with Gasteiger partial charge in [0.25, 0.3) is 11.8 Å². The van der Waals surface area contributed by atoms with Crippen LogP contribution in [0.25, 0.3) is 10.6 Å². The van der Waals surface area contributed by atoms with Crippen LogP contribution in [0.15, 0.2) is 22.7 Å². The molecule has 0 saturated carbocycles. The molecule has 1 aliphatic rings. The van der Waals surface area contributed by atoms with Gasteiger partial charge in [-0.1, -0.05) is 5.16 Å². The molecule has 0 bridgehead atoms. The largest absolute Gasteiger partial charge is 0.360 e. The molecule has 9 heteroatoms. The maximum absolute atomic E-state index is 12.8. The van der Waals surface area contributed by atoms with Gasteiger partial charge in [0.05, 0.1) is 17.1 Å². The monoisotopic (exact) mass is 371 g/mol. The standard InChI is InChI=1S/C17H17N5O3S/c1-9-3-4-14(26-9)11-7-12(20-19-11)17(24)22-6-5-13-10(8-22)15(21-25-13)16(23)18-2/h3-4,7H,5-6,8H2,1-2H3,(H,18,23)(H,19,20). The summed E-state index contributed by atoms with van der Waals surface area (Å²) in [4.78, 5) is 28.6. The van der Waals surface area contributed by atoms with Crippen LogP contribution >= 0.6 is 11.3 Å². The van der Waals surface area contributed by atoms with E-state index in [1.807, 2.05) is 19.1 Å². The van der Waals surface area contributed by atoms with E-state index in [9.17, 15) is 9.59 Å². The fraction of sp³-hybridized carbons (Fsp3) is 0.294. The molecule has 0 spiro atoms. The van der Waals surface area contributed by atoms with Crippen molar-refractivity contribution in [3.63, 3.8) is 0 Å². The molecule has 0 radical (unpaired) electrons. The molecule has 3 aromatic rings. The van der Waals surface area contributed by atoms with E-state index in [2.05, 4.69) is 20.7 Å². The van der Waals surface area contributed by atoms with Crippen LogP contribution in [-0.4, -0.2) is 45.7 Å². The lowest BCUT2D eigenvalue weighted by Gasteiger charge is -2.25. The van der Waals surface area contributed by atoms with Gasteiger partial charge in [-0.25, -0.2) is 0 Å². The van der Waals surface area contributed by atoms with Gasteiger partial charge in [-0.15, -0.1) is 11.3 Å². The summed E-state index contributed by atoms with van der Waals surface area (Å²) >= 11 is 1.64. The van der Waals surface area contributed by atoms with Crippen LogP contribution in [0.1, 0.15) is 37.2 Å². The van der Waals surface area contributed by atoms with Crippen molar-refractivity contribution in [3.05, 3.63) is 45.8 Å². The third kappa shape index (κ3) is 2.80. The van der Waals surface area contributed by atoms with E-state index < -0.39 is 0 Å². The van der Waals surface area contributed by atoms with Gasteiger partial charge in [0.1, 0.15) is 5.76 Å². The number of hydrogen-bond donors (Lipinski definition) is 2. The van der Waals surface area contributed by atoms with Crippen molar-refractivity contribution in [2.24, 2.45) is 0 Å². The summed E-state index contributed by atoms with van der Waals surface area (Å²) in [5.74, 6) is 0.152. The van der Waals surface area contributed by atoms with Crippen LogP contribution in [0.4, 0.5) is 0 Å². The summed E-state index contributed by atoms with van der Waals surface area (Å²) in [6.45, 7) is 2.81. The Morgan fingerprint density at radius 3 is 2.96 bits per heavy atom. The molecule has 3 aromatic heterocycles. The highest BCUT2D eigenvalue weighted by atomic mass is 32.1. The van der Waals surface area contributed by atoms with Crippen molar-refractivity contribution in [1.82, 2.24) is 25.6 Å². The number of fused-ring (bicyclic) bond motifs is 1. The second kappa shape index (κ2) is 6.41. The number of carbonyl (C=O) groups is 2. The Morgan fingerprint density at radius 2 is 2.23 bits per heavy atom. The summed E-state index contributed by atoms with van der Waals surface area (Å²) in [7, 11) is 1.53. The predicted octanol–water partition coefficient (Wildman–Crippen LogP) is 1.99. The first-order valence-electron chi connectivity index (χ1n) is 8.18. The number of aryl methyl sites for hydroxylation is 1. The van der Waals surface area contributed by atoms with Gasteiger partial charge in [-0.05, 0) is 25.1 Å². The first-order chi connectivity index (χ1) is 12.6. The maximum atomic E-state index is 12.8. The Labute approximate surface area is 153 Å². The average Bonchev–Trinajstić information content (AvgIpc) is 3.38. The normalized spacial score (nSPS) is 13.5. The molecule has 0 aliphatic carbocycles. The van der Waals surface area contributed by atoms with E-state index in [0.29, 0.717) is 30.0 Å². The molecule has 4 rings (SSSR count). The third-order valence-electron chi connectivity index (χ3n) is 4.36. The molecule has 26 heavy (non-hydrogen) atoms. The van der Waals surface area contributed by atoms with E-state index in [1.54, 1.807) is 22.3 Å². The summed E-state index contributed by atoms with van der Waals surface area (Å²) < 4.78 is 5.24. The number of carbonyl (C=O) groups excluding carboxylic acids is 2. The van der Waals surface area contributed by atoms with Crippen LogP contribution < -0.4 is 5.32 Å². The van der Waals surface area contributed by atoms with Crippen LogP contribution in [-0.2, 0) is 13.0 Å². The summed E-state index contributed by atoms with van der Waals surface area (Å²) in [6.07, 6.45) is 0.520. The second-order valence-electron chi connectivity index (χ2n) is 6.07. The Balaban J connectivity index is 1.56. The van der Waals surface area contributed by atoms with Crippen LogP contribution in [0.3, 0.4) is 0 Å². The number of hydrogen-bond acceptors (Lipinski definition) is 6. The first-order valence-corrected chi connectivity index (χ1v) is 8.99. The molecule has 4 heterocycles. The van der Waals surface area contributed by atoms with Crippen LogP contribution in [0.2, 0.25) is 0 Å². The highest BCUT2D eigenvalue weighted by Crippen LogP contribution is 2.28. The molecular weight excluding hydrogens is 354 g/mol. The van der Waals surface area contributed by atoms with E-state index in [0.717, 1.165) is 10.6 Å². The summed E-state index contributed by atoms with van der Waals surface area (Å²) in [6, 6.07) is 5.79. The van der Waals surface area contributed by atoms with E-state index >= 15 is 0 Å². The number of thiophene rings is 1. The van der Waals surface area contributed by atoms with E-state index in [4.69, 9.17) is 4.52 Å². The molecule has 0 atom stereocenters. The molecule has 2 N–H and O–H groups in total. The fourth-order valence-corrected chi connectivity index (χ4v) is 3.81. The minimum absolute atomic E-state index is 0.185. The number of nitrogens with zero attached hydrogens (tertiary/aromatic N) is 3. The predicted molar refractivity (Wildman–Crippen MR) is 95.0 cm³/mol. The van der Waals surface area contributed by atoms with Gasteiger partial charge in [0, 0.05) is 30.5 Å². The Hall–Kier alpha value is -2.94. The summed E-state index contributed by atoms with van der Waals surface area (Å²) in [5, 5.41) is 13.5. The molecule has 0 saturated heterocycles. The lowest BCUT2D eigenvalue weighted by molar-refractivity contribution is 0.0721. The van der Waals surface area contributed by atoms with Gasteiger partial charge in [0.15, 0.2) is 11.4 Å². The number of amides is 2. The van der Waals surface area contributed by atoms with Crippen molar-refractivity contribution in [3.8, 4) is 10.6 Å².